The van der Waals surface area contributed by atoms with Gasteiger partial charge in [-0.25, -0.2) is 0 Å². The Morgan fingerprint density at radius 2 is 0.705 bits per heavy atom. The highest BCUT2D eigenvalue weighted by Gasteiger charge is 2.45. The predicted molar refractivity (Wildman–Crippen MR) is 358 cm³/mol. The fraction of sp³-hybridized carbons (Fsp3) is 0.690. The molecule has 0 aliphatic carbocycles. The van der Waals surface area contributed by atoms with Crippen molar-refractivity contribution in [2.45, 2.75) is 134 Å². The molecule has 0 spiro atoms. The van der Waals surface area contributed by atoms with E-state index in [4.69, 9.17) is 48.9 Å². The van der Waals surface area contributed by atoms with Gasteiger partial charge in [-0.1, -0.05) is 162 Å². The first-order chi connectivity index (χ1) is 37.5. The molecule has 2 aromatic carbocycles. The molecule has 20 heteroatoms. The molecule has 436 valence electrons. The van der Waals surface area contributed by atoms with Crippen LogP contribution in [0.4, 0.5) is 11.4 Å². The largest absolute Gasteiger partial charge is 0.369 e. The SMILES string of the molecule is CCCC[C@@H](CC)CN1C(=O)c2cc(N(CCSC(=S)N(CC)CC)CCSC(=S)N(CC)CC)c3c4c(cc(N(CCSC(=S)N(CC)CC)CCSC(=S)N(CC)CC)c(c24)C1=O)C(=O)N(C[C@@H](CC)CCCC)C3=O. The second kappa shape index (κ2) is 34.9. The molecule has 4 amide bonds. The number of nitrogens with zero attached hydrogens (tertiary/aromatic N) is 8. The van der Waals surface area contributed by atoms with Crippen LogP contribution in [-0.4, -0.2) is 185 Å². The normalized spacial score (nSPS) is 13.8. The van der Waals surface area contributed by atoms with Crippen molar-refractivity contribution in [1.82, 2.24) is 29.4 Å². The number of benzene rings is 2. The molecule has 0 fully saturated rings. The molecule has 0 aromatic heterocycles. The first-order valence-electron chi connectivity index (χ1n) is 29.1. The van der Waals surface area contributed by atoms with Crippen LogP contribution in [0.3, 0.4) is 0 Å². The fourth-order valence-corrected chi connectivity index (χ4v) is 16.0. The van der Waals surface area contributed by atoms with Gasteiger partial charge in [0.15, 0.2) is 0 Å². The van der Waals surface area contributed by atoms with Gasteiger partial charge in [0, 0.05) is 125 Å². The summed E-state index contributed by atoms with van der Waals surface area (Å²) in [4.78, 5) is 79.0. The van der Waals surface area contributed by atoms with Crippen LogP contribution < -0.4 is 9.80 Å². The van der Waals surface area contributed by atoms with E-state index in [0.29, 0.717) is 93.6 Å². The van der Waals surface area contributed by atoms with Gasteiger partial charge in [0.1, 0.15) is 17.3 Å². The molecule has 0 N–H and O–H groups in total. The molecule has 78 heavy (non-hydrogen) atoms. The van der Waals surface area contributed by atoms with Gasteiger partial charge in [0.25, 0.3) is 23.6 Å². The maximum atomic E-state index is 15.8. The number of carbonyl (C=O) groups is 4. The van der Waals surface area contributed by atoms with Crippen LogP contribution in [0.1, 0.15) is 176 Å². The zero-order chi connectivity index (χ0) is 57.6. The summed E-state index contributed by atoms with van der Waals surface area (Å²) in [6.07, 6.45) is 7.34. The molecular formula is C58H92N8O4S8. The first-order valence-corrected chi connectivity index (χ1v) is 34.7. The Hall–Kier alpha value is -2.46. The van der Waals surface area contributed by atoms with Crippen LogP contribution >= 0.6 is 95.9 Å². The van der Waals surface area contributed by atoms with Crippen molar-refractivity contribution in [2.24, 2.45) is 11.8 Å². The number of rotatable bonds is 34. The van der Waals surface area contributed by atoms with Gasteiger partial charge in [0.2, 0.25) is 0 Å². The zero-order valence-electron chi connectivity index (χ0n) is 49.2. The lowest BCUT2D eigenvalue weighted by Gasteiger charge is -2.39. The number of carbonyl (C=O) groups excluding carboxylic acids is 4. The number of hydrogen-bond acceptors (Lipinski definition) is 14. The van der Waals surface area contributed by atoms with E-state index in [1.807, 2.05) is 12.1 Å². The Morgan fingerprint density at radius 1 is 0.436 bits per heavy atom. The van der Waals surface area contributed by atoms with Crippen molar-refractivity contribution in [3.8, 4) is 0 Å². The topological polar surface area (TPSA) is 94.2 Å². The number of thioether (sulfide) groups is 4. The van der Waals surface area contributed by atoms with E-state index < -0.39 is 23.6 Å². The predicted octanol–water partition coefficient (Wildman–Crippen LogP) is 13.5. The Bertz CT molecular complexity index is 2160. The Morgan fingerprint density at radius 3 is 0.936 bits per heavy atom. The van der Waals surface area contributed by atoms with E-state index in [1.165, 1.54) is 9.80 Å². The van der Waals surface area contributed by atoms with Gasteiger partial charge in [0.05, 0.1) is 33.6 Å². The summed E-state index contributed by atoms with van der Waals surface area (Å²) in [5.74, 6) is 1.07. The first kappa shape index (κ1) is 68.0. The molecule has 0 unspecified atom stereocenters. The summed E-state index contributed by atoms with van der Waals surface area (Å²) >= 11 is 30.2. The van der Waals surface area contributed by atoms with Crippen LogP contribution in [0.2, 0.25) is 0 Å². The number of unbranched alkanes of at least 4 members (excludes halogenated alkanes) is 2. The van der Waals surface area contributed by atoms with Crippen molar-refractivity contribution < 1.29 is 19.2 Å². The number of anilines is 2. The molecule has 2 atom stereocenters. The smallest absolute Gasteiger partial charge is 0.263 e. The number of hydrogen-bond donors (Lipinski definition) is 0. The Labute approximate surface area is 508 Å². The van der Waals surface area contributed by atoms with E-state index in [9.17, 15) is 0 Å². The summed E-state index contributed by atoms with van der Waals surface area (Å²) in [5.41, 5.74) is 2.59. The van der Waals surface area contributed by atoms with E-state index in [-0.39, 0.29) is 24.9 Å². The van der Waals surface area contributed by atoms with Crippen molar-refractivity contribution in [3.63, 3.8) is 0 Å². The number of thiocarbonyl (C=S) groups is 4. The van der Waals surface area contributed by atoms with Gasteiger partial charge in [-0.15, -0.1) is 0 Å². The van der Waals surface area contributed by atoms with E-state index >= 15 is 19.2 Å². The van der Waals surface area contributed by atoms with E-state index in [0.717, 1.165) is 121 Å². The monoisotopic (exact) mass is 1220 g/mol. The molecule has 4 rings (SSSR count). The lowest BCUT2D eigenvalue weighted by molar-refractivity contribution is 0.0559. The molecular weight excluding hydrogens is 1130 g/mol. The second-order valence-electron chi connectivity index (χ2n) is 19.8. The summed E-state index contributed by atoms with van der Waals surface area (Å²) in [7, 11) is 0. The Kier molecular flexibility index (Phi) is 30.4. The standard InChI is InChI=1S/C58H92N8O4S8/c1-13-25-27-41(15-3)39-65-51(67)43-37-46(64(31-35-77-57(73)61(21-9)22-10)32-36-78-58(74)62(23-11)24-12)50-48-44(52(68)66(54(50)70)40-42(16-4)28-26-14-2)38-45(49(47(43)48)53(65)69)63(29-33-75-55(71)59(17-5)18-6)30-34-76-56(72)60(19-7)20-8/h37-38,41-42H,13-36,39-40H2,1-12H3/t41-,42+. The van der Waals surface area contributed by atoms with Gasteiger partial charge >= 0.3 is 0 Å². The zero-order valence-corrected chi connectivity index (χ0v) is 55.7. The Balaban J connectivity index is 2.15. The highest BCUT2D eigenvalue weighted by Crippen LogP contribution is 2.47. The minimum atomic E-state index is -0.396. The maximum Gasteiger partial charge on any atom is 0.263 e. The summed E-state index contributed by atoms with van der Waals surface area (Å²) < 4.78 is 3.23. The van der Waals surface area contributed by atoms with Crippen LogP contribution in [-0.2, 0) is 0 Å². The van der Waals surface area contributed by atoms with Crippen molar-refractivity contribution in [1.29, 1.82) is 0 Å². The van der Waals surface area contributed by atoms with Gasteiger partial charge in [-0.2, -0.15) is 0 Å². The molecule has 0 bridgehead atoms. The number of imide groups is 2. The quantitative estimate of drug-likeness (QED) is 0.0491. The molecule has 2 aliphatic heterocycles. The highest BCUT2D eigenvalue weighted by molar-refractivity contribution is 8.24. The molecule has 2 aromatic rings. The lowest BCUT2D eigenvalue weighted by atomic mass is 9.82. The average Bonchev–Trinajstić information content (AvgIpc) is 3.61. The minimum Gasteiger partial charge on any atom is -0.369 e. The highest BCUT2D eigenvalue weighted by atomic mass is 32.2. The third kappa shape index (κ3) is 17.3. The molecule has 2 heterocycles. The summed E-state index contributed by atoms with van der Waals surface area (Å²) in [5, 5.41) is 0.787. The maximum absolute atomic E-state index is 15.8. The average molecular weight is 1220 g/mol. The molecule has 0 saturated heterocycles. The van der Waals surface area contributed by atoms with Crippen LogP contribution in [0, 0.1) is 11.8 Å². The van der Waals surface area contributed by atoms with E-state index in [2.05, 4.69) is 112 Å². The molecule has 0 radical (unpaired) electrons. The van der Waals surface area contributed by atoms with Crippen LogP contribution in [0.5, 0.6) is 0 Å². The van der Waals surface area contributed by atoms with Crippen molar-refractivity contribution in [2.75, 3.05) is 124 Å². The third-order valence-corrected chi connectivity index (χ3v) is 21.3. The molecule has 2 aliphatic rings. The van der Waals surface area contributed by atoms with Crippen molar-refractivity contribution in [3.05, 3.63) is 34.4 Å². The summed E-state index contributed by atoms with van der Waals surface area (Å²) in [6.45, 7) is 34.3. The van der Waals surface area contributed by atoms with E-state index in [1.54, 1.807) is 47.0 Å². The second-order valence-corrected chi connectivity index (χ2v) is 26.7. The van der Waals surface area contributed by atoms with Gasteiger partial charge in [-0.3, -0.25) is 29.0 Å². The minimum absolute atomic E-state index is 0.0899. The van der Waals surface area contributed by atoms with Gasteiger partial charge < -0.3 is 29.4 Å². The molecule has 12 nitrogen and oxygen atoms in total. The lowest BCUT2D eigenvalue weighted by Crippen LogP contribution is -2.47. The van der Waals surface area contributed by atoms with Crippen molar-refractivity contribution >= 4 is 159 Å². The van der Waals surface area contributed by atoms with Crippen LogP contribution in [0.15, 0.2) is 12.1 Å². The van der Waals surface area contributed by atoms with Crippen LogP contribution in [0.25, 0.3) is 10.8 Å². The third-order valence-electron chi connectivity index (χ3n) is 15.3. The fourth-order valence-electron chi connectivity index (χ4n) is 10.3. The summed E-state index contributed by atoms with van der Waals surface area (Å²) in [6, 6.07) is 3.79. The molecule has 0 saturated carbocycles. The van der Waals surface area contributed by atoms with Gasteiger partial charge in [-0.05, 0) is 92.2 Å². The number of amides is 4.